The maximum absolute atomic E-state index is 12.0. The summed E-state index contributed by atoms with van der Waals surface area (Å²) in [6.07, 6.45) is 3.37. The molecule has 1 heterocycles. The lowest BCUT2D eigenvalue weighted by Crippen LogP contribution is -2.26. The molecule has 19 heavy (non-hydrogen) atoms. The lowest BCUT2D eigenvalue weighted by Gasteiger charge is -2.12. The first-order chi connectivity index (χ1) is 9.11. The highest BCUT2D eigenvalue weighted by Gasteiger charge is 2.13. The quantitative estimate of drug-likeness (QED) is 0.780. The van der Waals surface area contributed by atoms with Crippen molar-refractivity contribution in [2.75, 3.05) is 7.11 Å². The second-order valence-corrected chi connectivity index (χ2v) is 4.11. The van der Waals surface area contributed by atoms with Crippen LogP contribution in [0.3, 0.4) is 0 Å². The summed E-state index contributed by atoms with van der Waals surface area (Å²) in [6, 6.07) is 4.34. The summed E-state index contributed by atoms with van der Waals surface area (Å²) in [5.74, 6) is -0.00259. The molecule has 100 valence electrons. The fourth-order valence-corrected chi connectivity index (χ4v) is 1.69. The van der Waals surface area contributed by atoms with Gasteiger partial charge in [0.15, 0.2) is 11.5 Å². The number of nitrogens with zero attached hydrogens (tertiary/aromatic N) is 1. The van der Waals surface area contributed by atoms with E-state index in [9.17, 15) is 9.90 Å². The van der Waals surface area contributed by atoms with Crippen LogP contribution in [0.5, 0.6) is 11.5 Å². The molecule has 1 amide bonds. The van der Waals surface area contributed by atoms with Gasteiger partial charge >= 0.3 is 0 Å². The van der Waals surface area contributed by atoms with E-state index in [-0.39, 0.29) is 17.7 Å². The Hall–Kier alpha value is -2.50. The SMILES string of the molecule is COc1ccc(C(=O)NC(C)c2cn[nH]c2)cc1O. The number of aromatic amines is 1. The molecule has 0 fully saturated rings. The van der Waals surface area contributed by atoms with Gasteiger partial charge in [0.1, 0.15) is 0 Å². The molecule has 2 rings (SSSR count). The van der Waals surface area contributed by atoms with Gasteiger partial charge in [-0.1, -0.05) is 0 Å². The van der Waals surface area contributed by atoms with Crippen LogP contribution in [0.1, 0.15) is 28.9 Å². The van der Waals surface area contributed by atoms with Gasteiger partial charge in [-0.2, -0.15) is 5.10 Å². The zero-order valence-electron chi connectivity index (χ0n) is 10.7. The minimum atomic E-state index is -0.272. The summed E-state index contributed by atoms with van der Waals surface area (Å²) < 4.78 is 4.93. The molecular weight excluding hydrogens is 246 g/mol. The Bertz CT molecular complexity index is 567. The van der Waals surface area contributed by atoms with Crippen LogP contribution in [0.15, 0.2) is 30.6 Å². The number of amides is 1. The minimum absolute atomic E-state index is 0.0638. The van der Waals surface area contributed by atoms with Crippen LogP contribution < -0.4 is 10.1 Å². The van der Waals surface area contributed by atoms with Gasteiger partial charge in [0.05, 0.1) is 19.3 Å². The highest BCUT2D eigenvalue weighted by Crippen LogP contribution is 2.26. The number of hydrogen-bond acceptors (Lipinski definition) is 4. The van der Waals surface area contributed by atoms with E-state index >= 15 is 0 Å². The molecule has 0 aliphatic carbocycles. The fraction of sp³-hybridized carbons (Fsp3) is 0.231. The molecule has 0 aliphatic heterocycles. The predicted molar refractivity (Wildman–Crippen MR) is 69.1 cm³/mol. The monoisotopic (exact) mass is 261 g/mol. The number of hydrogen-bond donors (Lipinski definition) is 3. The third-order valence-corrected chi connectivity index (χ3v) is 2.81. The molecule has 3 N–H and O–H groups in total. The van der Waals surface area contributed by atoms with Gasteiger partial charge < -0.3 is 15.2 Å². The van der Waals surface area contributed by atoms with Gasteiger partial charge in [-0.05, 0) is 25.1 Å². The lowest BCUT2D eigenvalue weighted by atomic mass is 10.1. The third kappa shape index (κ3) is 2.85. The lowest BCUT2D eigenvalue weighted by molar-refractivity contribution is 0.0939. The van der Waals surface area contributed by atoms with Gasteiger partial charge in [-0.3, -0.25) is 9.89 Å². The molecule has 0 aliphatic rings. The molecule has 0 spiro atoms. The predicted octanol–water partition coefficient (Wildman–Crippen LogP) is 1.61. The van der Waals surface area contributed by atoms with Crippen LogP contribution in [0.2, 0.25) is 0 Å². The molecule has 1 atom stereocenters. The zero-order valence-corrected chi connectivity index (χ0v) is 10.7. The van der Waals surface area contributed by atoms with Gasteiger partial charge in [-0.15, -0.1) is 0 Å². The van der Waals surface area contributed by atoms with Crippen molar-refractivity contribution in [3.8, 4) is 11.5 Å². The van der Waals surface area contributed by atoms with Crippen molar-refractivity contribution < 1.29 is 14.6 Å². The first-order valence-electron chi connectivity index (χ1n) is 5.78. The van der Waals surface area contributed by atoms with Crippen LogP contribution in [0.4, 0.5) is 0 Å². The summed E-state index contributed by atoms with van der Waals surface area (Å²) in [5.41, 5.74) is 1.25. The molecule has 0 bridgehead atoms. The second kappa shape index (κ2) is 5.43. The van der Waals surface area contributed by atoms with Crippen molar-refractivity contribution in [2.45, 2.75) is 13.0 Å². The van der Waals surface area contributed by atoms with Crippen molar-refractivity contribution in [3.63, 3.8) is 0 Å². The van der Waals surface area contributed by atoms with Gasteiger partial charge in [0.2, 0.25) is 0 Å². The van der Waals surface area contributed by atoms with Crippen LogP contribution in [0, 0.1) is 0 Å². The van der Waals surface area contributed by atoms with Crippen molar-refractivity contribution in [3.05, 3.63) is 41.7 Å². The Morgan fingerprint density at radius 1 is 1.53 bits per heavy atom. The third-order valence-electron chi connectivity index (χ3n) is 2.81. The number of carbonyl (C=O) groups is 1. The Kier molecular flexibility index (Phi) is 3.70. The smallest absolute Gasteiger partial charge is 0.251 e. The topological polar surface area (TPSA) is 87.2 Å². The normalized spacial score (nSPS) is 11.9. The number of aromatic nitrogens is 2. The molecule has 2 aromatic rings. The van der Waals surface area contributed by atoms with Gasteiger partial charge in [0.25, 0.3) is 5.91 Å². The minimum Gasteiger partial charge on any atom is -0.504 e. The van der Waals surface area contributed by atoms with Crippen LogP contribution in [-0.2, 0) is 0 Å². The number of ether oxygens (including phenoxy) is 1. The van der Waals surface area contributed by atoms with Crippen molar-refractivity contribution >= 4 is 5.91 Å². The average Bonchev–Trinajstić information content (AvgIpc) is 2.92. The van der Waals surface area contributed by atoms with Crippen molar-refractivity contribution in [2.24, 2.45) is 0 Å². The van der Waals surface area contributed by atoms with E-state index in [4.69, 9.17) is 4.74 Å². The Labute approximate surface area is 110 Å². The molecule has 1 unspecified atom stereocenters. The van der Waals surface area contributed by atoms with E-state index in [1.807, 2.05) is 6.92 Å². The van der Waals surface area contributed by atoms with E-state index in [2.05, 4.69) is 15.5 Å². The molecule has 0 saturated heterocycles. The maximum atomic E-state index is 12.0. The number of benzene rings is 1. The number of rotatable bonds is 4. The highest BCUT2D eigenvalue weighted by molar-refractivity contribution is 5.95. The van der Waals surface area contributed by atoms with Crippen molar-refractivity contribution in [1.82, 2.24) is 15.5 Å². The molecule has 1 aromatic heterocycles. The molecule has 0 radical (unpaired) electrons. The van der Waals surface area contributed by atoms with Crippen LogP contribution in [0.25, 0.3) is 0 Å². The van der Waals surface area contributed by atoms with E-state index in [1.54, 1.807) is 24.5 Å². The number of methoxy groups -OCH3 is 1. The fourth-order valence-electron chi connectivity index (χ4n) is 1.69. The number of phenols is 1. The van der Waals surface area contributed by atoms with Crippen LogP contribution in [-0.4, -0.2) is 28.3 Å². The molecule has 6 nitrogen and oxygen atoms in total. The summed E-state index contributed by atoms with van der Waals surface area (Å²) in [7, 11) is 1.45. The number of nitrogens with one attached hydrogen (secondary N) is 2. The number of carbonyl (C=O) groups excluding carboxylic acids is 1. The standard InChI is InChI=1S/C13H15N3O3/c1-8(10-6-14-15-7-10)16-13(18)9-3-4-12(19-2)11(17)5-9/h3-8,17H,1-2H3,(H,14,15)(H,16,18). The van der Waals surface area contributed by atoms with E-state index in [1.165, 1.54) is 13.2 Å². The summed E-state index contributed by atoms with van der Waals surface area (Å²) in [6.45, 7) is 1.85. The molecule has 6 heteroatoms. The number of phenolic OH excluding ortho intramolecular Hbond substituents is 1. The van der Waals surface area contributed by atoms with E-state index < -0.39 is 0 Å². The first-order valence-corrected chi connectivity index (χ1v) is 5.78. The van der Waals surface area contributed by atoms with E-state index in [0.717, 1.165) is 5.56 Å². The average molecular weight is 261 g/mol. The Balaban J connectivity index is 2.10. The number of aromatic hydroxyl groups is 1. The Morgan fingerprint density at radius 3 is 2.89 bits per heavy atom. The number of H-pyrrole nitrogens is 1. The molecule has 1 aromatic carbocycles. The van der Waals surface area contributed by atoms with Crippen molar-refractivity contribution in [1.29, 1.82) is 0 Å². The first kappa shape index (κ1) is 12.9. The van der Waals surface area contributed by atoms with Gasteiger partial charge in [0, 0.05) is 17.3 Å². The summed E-state index contributed by atoms with van der Waals surface area (Å²) >= 11 is 0. The summed E-state index contributed by atoms with van der Waals surface area (Å²) in [4.78, 5) is 12.0. The van der Waals surface area contributed by atoms with Crippen LogP contribution >= 0.6 is 0 Å². The Morgan fingerprint density at radius 2 is 2.32 bits per heavy atom. The highest BCUT2D eigenvalue weighted by atomic mass is 16.5. The largest absolute Gasteiger partial charge is 0.504 e. The molecule has 0 saturated carbocycles. The second-order valence-electron chi connectivity index (χ2n) is 4.11. The summed E-state index contributed by atoms with van der Waals surface area (Å²) in [5, 5.41) is 19.0. The molecular formula is C13H15N3O3. The van der Waals surface area contributed by atoms with E-state index in [0.29, 0.717) is 11.3 Å². The van der Waals surface area contributed by atoms with Gasteiger partial charge in [-0.25, -0.2) is 0 Å². The maximum Gasteiger partial charge on any atom is 0.251 e. The zero-order chi connectivity index (χ0) is 13.8.